The van der Waals surface area contributed by atoms with Crippen LogP contribution in [0.4, 0.5) is 11.4 Å². The van der Waals surface area contributed by atoms with Gasteiger partial charge in [-0.3, -0.25) is 9.52 Å². The number of fused-ring (bicyclic) bond motifs is 1. The number of nitrogens with one attached hydrogen (secondary N) is 2. The minimum Gasteiger partial charge on any atom is -0.322 e. The van der Waals surface area contributed by atoms with Crippen LogP contribution in [0.5, 0.6) is 0 Å². The highest BCUT2D eigenvalue weighted by molar-refractivity contribution is 7.92. The van der Waals surface area contributed by atoms with E-state index in [4.69, 9.17) is 23.2 Å². The van der Waals surface area contributed by atoms with Crippen molar-refractivity contribution < 1.29 is 13.2 Å². The summed E-state index contributed by atoms with van der Waals surface area (Å²) in [4.78, 5) is 17.9. The van der Waals surface area contributed by atoms with Gasteiger partial charge < -0.3 is 5.32 Å². The average molecular weight is 518 g/mol. The predicted molar refractivity (Wildman–Crippen MR) is 137 cm³/mol. The number of benzene rings is 3. The van der Waals surface area contributed by atoms with Crippen molar-refractivity contribution >= 4 is 83.7 Å². The smallest absolute Gasteiger partial charge is 0.258 e. The number of anilines is 2. The Morgan fingerprint density at radius 2 is 1.64 bits per heavy atom. The molecule has 10 heteroatoms. The second-order valence-electron chi connectivity index (χ2n) is 7.10. The van der Waals surface area contributed by atoms with Crippen LogP contribution in [0.1, 0.15) is 10.6 Å². The van der Waals surface area contributed by atoms with Crippen molar-refractivity contribution in [2.45, 2.75) is 0 Å². The first-order valence-electron chi connectivity index (χ1n) is 9.60. The lowest BCUT2D eigenvalue weighted by molar-refractivity contribution is -0.111. The summed E-state index contributed by atoms with van der Waals surface area (Å²) in [7, 11) is -3.57. The fraction of sp³-hybridized carbons (Fsp3) is 0.0435. The Kier molecular flexibility index (Phi) is 6.71. The number of rotatable bonds is 6. The van der Waals surface area contributed by atoms with E-state index in [9.17, 15) is 13.2 Å². The van der Waals surface area contributed by atoms with Crippen molar-refractivity contribution in [3.8, 4) is 0 Å². The maximum atomic E-state index is 13.2. The Balaban J connectivity index is 1.79. The minimum atomic E-state index is -3.57. The molecule has 3 aromatic carbocycles. The average Bonchev–Trinajstić information content (AvgIpc) is 3.18. The molecule has 0 aliphatic heterocycles. The van der Waals surface area contributed by atoms with E-state index in [1.807, 2.05) is 42.5 Å². The van der Waals surface area contributed by atoms with E-state index in [1.54, 1.807) is 18.2 Å². The normalized spacial score (nSPS) is 12.0. The van der Waals surface area contributed by atoms with Crippen molar-refractivity contribution in [2.75, 3.05) is 16.3 Å². The molecule has 2 N–H and O–H groups in total. The molecule has 0 unspecified atom stereocenters. The number of carbonyl (C=O) groups excluding carboxylic acids is 1. The van der Waals surface area contributed by atoms with Crippen molar-refractivity contribution in [2.24, 2.45) is 0 Å². The van der Waals surface area contributed by atoms with E-state index in [2.05, 4.69) is 15.0 Å². The van der Waals surface area contributed by atoms with Gasteiger partial charge in [0.25, 0.3) is 5.91 Å². The summed E-state index contributed by atoms with van der Waals surface area (Å²) >= 11 is 14.0. The number of para-hydroxylation sites is 2. The molecular formula is C23H17Cl2N3O3S2. The zero-order valence-corrected chi connectivity index (χ0v) is 20.3. The first-order chi connectivity index (χ1) is 15.7. The number of sulfonamides is 1. The molecule has 6 nitrogen and oxygen atoms in total. The van der Waals surface area contributed by atoms with Gasteiger partial charge in [-0.05, 0) is 48.0 Å². The molecule has 4 rings (SSSR count). The number of nitrogens with zero attached hydrogens (tertiary/aromatic N) is 1. The SMILES string of the molecule is CS(=O)(=O)Nc1c(Cl)cc(C=C(C(=O)Nc2ccccc2)c2nc3ccccc3s2)cc1Cl. The molecule has 0 radical (unpaired) electrons. The van der Waals surface area contributed by atoms with Gasteiger partial charge in [-0.1, -0.05) is 53.5 Å². The molecule has 0 saturated heterocycles. The Morgan fingerprint density at radius 3 is 2.27 bits per heavy atom. The lowest BCUT2D eigenvalue weighted by Crippen LogP contribution is -2.13. The zero-order chi connectivity index (χ0) is 23.6. The van der Waals surface area contributed by atoms with Crippen LogP contribution in [0.15, 0.2) is 66.7 Å². The summed E-state index contributed by atoms with van der Waals surface area (Å²) in [6.45, 7) is 0. The van der Waals surface area contributed by atoms with E-state index in [-0.39, 0.29) is 21.6 Å². The zero-order valence-electron chi connectivity index (χ0n) is 17.2. The maximum Gasteiger partial charge on any atom is 0.258 e. The van der Waals surface area contributed by atoms with Crippen LogP contribution in [-0.4, -0.2) is 25.6 Å². The van der Waals surface area contributed by atoms with Gasteiger partial charge in [0.2, 0.25) is 10.0 Å². The Bertz CT molecular complexity index is 1430. The highest BCUT2D eigenvalue weighted by Gasteiger charge is 2.19. The summed E-state index contributed by atoms with van der Waals surface area (Å²) in [5, 5.41) is 3.61. The van der Waals surface area contributed by atoms with Crippen LogP contribution in [-0.2, 0) is 14.8 Å². The van der Waals surface area contributed by atoms with Gasteiger partial charge in [0.05, 0.1) is 37.8 Å². The van der Waals surface area contributed by atoms with E-state index in [1.165, 1.54) is 23.5 Å². The van der Waals surface area contributed by atoms with Gasteiger partial charge in [0, 0.05) is 5.69 Å². The fourth-order valence-electron chi connectivity index (χ4n) is 3.06. The fourth-order valence-corrected chi connectivity index (χ4v) is 5.34. The first kappa shape index (κ1) is 23.3. The summed E-state index contributed by atoms with van der Waals surface area (Å²) in [5.74, 6) is -0.356. The van der Waals surface area contributed by atoms with Crippen LogP contribution in [0.3, 0.4) is 0 Å². The topological polar surface area (TPSA) is 88.2 Å². The third-order valence-electron chi connectivity index (χ3n) is 4.46. The number of carbonyl (C=O) groups is 1. The van der Waals surface area contributed by atoms with Crippen LogP contribution in [0.2, 0.25) is 10.0 Å². The number of thiazole rings is 1. The molecule has 0 aliphatic carbocycles. The molecule has 0 spiro atoms. The minimum absolute atomic E-state index is 0.0771. The molecule has 0 saturated carbocycles. The van der Waals surface area contributed by atoms with Gasteiger partial charge in [-0.2, -0.15) is 0 Å². The molecule has 0 fully saturated rings. The van der Waals surface area contributed by atoms with Crippen molar-refractivity contribution in [1.29, 1.82) is 0 Å². The Hall–Kier alpha value is -2.91. The van der Waals surface area contributed by atoms with Crippen LogP contribution >= 0.6 is 34.5 Å². The maximum absolute atomic E-state index is 13.2. The third kappa shape index (κ3) is 5.72. The van der Waals surface area contributed by atoms with Gasteiger partial charge in [0.15, 0.2) is 0 Å². The van der Waals surface area contributed by atoms with E-state index in [0.29, 0.717) is 21.8 Å². The second-order valence-corrected chi connectivity index (χ2v) is 10.7. The number of amides is 1. The van der Waals surface area contributed by atoms with E-state index >= 15 is 0 Å². The van der Waals surface area contributed by atoms with Crippen molar-refractivity contribution in [3.63, 3.8) is 0 Å². The van der Waals surface area contributed by atoms with Gasteiger partial charge >= 0.3 is 0 Å². The quantitative estimate of drug-likeness (QED) is 0.300. The van der Waals surface area contributed by atoms with Crippen molar-refractivity contribution in [1.82, 2.24) is 4.98 Å². The van der Waals surface area contributed by atoms with Gasteiger partial charge in [-0.15, -0.1) is 11.3 Å². The van der Waals surface area contributed by atoms with Gasteiger partial charge in [-0.25, -0.2) is 13.4 Å². The highest BCUT2D eigenvalue weighted by Crippen LogP contribution is 2.35. The van der Waals surface area contributed by atoms with Crippen LogP contribution < -0.4 is 10.0 Å². The molecule has 0 bridgehead atoms. The van der Waals surface area contributed by atoms with Gasteiger partial charge in [0.1, 0.15) is 5.01 Å². The lowest BCUT2D eigenvalue weighted by Gasteiger charge is -2.11. The Morgan fingerprint density at radius 1 is 1.00 bits per heavy atom. The van der Waals surface area contributed by atoms with Crippen LogP contribution in [0, 0.1) is 0 Å². The number of hydrogen-bond donors (Lipinski definition) is 2. The molecule has 1 amide bonds. The third-order valence-corrected chi connectivity index (χ3v) is 6.70. The second kappa shape index (κ2) is 9.52. The number of aromatic nitrogens is 1. The summed E-state index contributed by atoms with van der Waals surface area (Å²) in [6.07, 6.45) is 2.63. The predicted octanol–water partition coefficient (Wildman–Crippen LogP) is 6.15. The monoisotopic (exact) mass is 517 g/mol. The molecule has 168 valence electrons. The van der Waals surface area contributed by atoms with Crippen LogP contribution in [0.25, 0.3) is 21.9 Å². The molecule has 0 atom stereocenters. The first-order valence-corrected chi connectivity index (χ1v) is 13.1. The standard InChI is InChI=1S/C23H17Cl2N3O3S2/c1-33(30,31)28-21-17(24)12-14(13-18(21)25)11-16(22(29)26-15-7-3-2-4-8-15)23-27-19-9-5-6-10-20(19)32-23/h2-13,28H,1H3,(H,26,29). The summed E-state index contributed by atoms with van der Waals surface area (Å²) in [5.41, 5.74) is 2.32. The Labute approximate surface area is 204 Å². The molecule has 33 heavy (non-hydrogen) atoms. The summed E-state index contributed by atoms with van der Waals surface area (Å²) in [6, 6.07) is 19.7. The largest absolute Gasteiger partial charge is 0.322 e. The number of halogens is 2. The number of hydrogen-bond acceptors (Lipinski definition) is 5. The molecule has 4 aromatic rings. The van der Waals surface area contributed by atoms with E-state index in [0.717, 1.165) is 16.5 Å². The van der Waals surface area contributed by atoms with Crippen molar-refractivity contribution in [3.05, 3.63) is 87.3 Å². The highest BCUT2D eigenvalue weighted by atomic mass is 35.5. The lowest BCUT2D eigenvalue weighted by atomic mass is 10.1. The summed E-state index contributed by atoms with van der Waals surface area (Å²) < 4.78 is 26.4. The molecular weight excluding hydrogens is 501 g/mol. The molecule has 1 heterocycles. The molecule has 0 aliphatic rings. The molecule has 1 aromatic heterocycles. The van der Waals surface area contributed by atoms with E-state index < -0.39 is 10.0 Å².